The van der Waals surface area contributed by atoms with Gasteiger partial charge in [0.15, 0.2) is 0 Å². The zero-order chi connectivity index (χ0) is 15.2. The van der Waals surface area contributed by atoms with Crippen molar-refractivity contribution < 1.29 is 0 Å². The van der Waals surface area contributed by atoms with Gasteiger partial charge in [0.2, 0.25) is 0 Å². The first-order chi connectivity index (χ1) is 10.1. The van der Waals surface area contributed by atoms with Gasteiger partial charge in [0, 0.05) is 25.1 Å². The number of nitrogens with zero attached hydrogens (tertiary/aromatic N) is 2. The van der Waals surface area contributed by atoms with E-state index in [9.17, 15) is 0 Å². The Morgan fingerprint density at radius 3 is 2.52 bits per heavy atom. The maximum Gasteiger partial charge on any atom is 0.135 e. The van der Waals surface area contributed by atoms with Crippen molar-refractivity contribution in [3.63, 3.8) is 0 Å². The second-order valence-corrected chi connectivity index (χ2v) is 6.70. The predicted octanol–water partition coefficient (Wildman–Crippen LogP) is 4.27. The van der Waals surface area contributed by atoms with E-state index in [1.807, 2.05) is 6.07 Å². The summed E-state index contributed by atoms with van der Waals surface area (Å²) in [7, 11) is 0. The first-order valence-corrected chi connectivity index (χ1v) is 8.45. The highest BCUT2D eigenvalue weighted by Gasteiger charge is 2.19. The molecule has 2 rings (SSSR count). The van der Waals surface area contributed by atoms with Crippen molar-refractivity contribution in [2.45, 2.75) is 59.3 Å². The molecule has 4 heteroatoms. The summed E-state index contributed by atoms with van der Waals surface area (Å²) in [5.74, 6) is 4.80. The Kier molecular flexibility index (Phi) is 5.83. The average Bonchev–Trinajstić information content (AvgIpc) is 2.45. The summed E-state index contributed by atoms with van der Waals surface area (Å²) < 4.78 is 0. The van der Waals surface area contributed by atoms with Crippen LogP contribution in [0, 0.1) is 11.8 Å². The molecule has 21 heavy (non-hydrogen) atoms. The zero-order valence-electron chi connectivity index (χ0n) is 13.9. The van der Waals surface area contributed by atoms with Crippen LogP contribution in [-0.4, -0.2) is 23.1 Å². The van der Waals surface area contributed by atoms with Gasteiger partial charge in [0.1, 0.15) is 17.5 Å². The van der Waals surface area contributed by atoms with Crippen LogP contribution in [0.25, 0.3) is 0 Å². The van der Waals surface area contributed by atoms with Gasteiger partial charge >= 0.3 is 0 Å². The van der Waals surface area contributed by atoms with E-state index in [0.717, 1.165) is 42.4 Å². The third-order valence-corrected chi connectivity index (χ3v) is 4.23. The van der Waals surface area contributed by atoms with Crippen molar-refractivity contribution in [2.75, 3.05) is 23.7 Å². The number of aromatic nitrogens is 2. The highest BCUT2D eigenvalue weighted by atomic mass is 15.1. The minimum absolute atomic E-state index is 0.346. The molecule has 4 nitrogen and oxygen atoms in total. The molecule has 2 unspecified atom stereocenters. The van der Waals surface area contributed by atoms with Crippen LogP contribution < -0.4 is 10.6 Å². The van der Waals surface area contributed by atoms with Gasteiger partial charge in [0.05, 0.1) is 0 Å². The van der Waals surface area contributed by atoms with Crippen LogP contribution in [0.5, 0.6) is 0 Å². The van der Waals surface area contributed by atoms with Crippen molar-refractivity contribution >= 4 is 11.6 Å². The van der Waals surface area contributed by atoms with Crippen molar-refractivity contribution in [1.82, 2.24) is 9.97 Å². The lowest BCUT2D eigenvalue weighted by Gasteiger charge is -2.27. The van der Waals surface area contributed by atoms with Crippen molar-refractivity contribution in [1.29, 1.82) is 0 Å². The van der Waals surface area contributed by atoms with Crippen molar-refractivity contribution in [3.05, 3.63) is 11.9 Å². The molecule has 1 fully saturated rings. The smallest absolute Gasteiger partial charge is 0.135 e. The van der Waals surface area contributed by atoms with Gasteiger partial charge in [-0.3, -0.25) is 0 Å². The highest BCUT2D eigenvalue weighted by molar-refractivity contribution is 5.47. The number of anilines is 2. The lowest BCUT2D eigenvalue weighted by molar-refractivity contribution is 0.293. The van der Waals surface area contributed by atoms with E-state index in [1.165, 1.54) is 25.7 Å². The van der Waals surface area contributed by atoms with E-state index < -0.39 is 0 Å². The van der Waals surface area contributed by atoms with Crippen LogP contribution >= 0.6 is 0 Å². The van der Waals surface area contributed by atoms with Crippen LogP contribution in [-0.2, 0) is 0 Å². The van der Waals surface area contributed by atoms with Crippen LogP contribution in [0.3, 0.4) is 0 Å². The molecule has 118 valence electrons. The Morgan fingerprint density at radius 2 is 1.90 bits per heavy atom. The van der Waals surface area contributed by atoms with Gasteiger partial charge in [-0.1, -0.05) is 33.6 Å². The van der Waals surface area contributed by atoms with E-state index in [1.54, 1.807) is 0 Å². The third kappa shape index (κ3) is 4.87. The molecular formula is C17H30N4. The molecular weight excluding hydrogens is 260 g/mol. The fourth-order valence-electron chi connectivity index (χ4n) is 3.08. The second-order valence-electron chi connectivity index (χ2n) is 6.70. The molecule has 0 amide bonds. The lowest BCUT2D eigenvalue weighted by atomic mass is 9.82. The molecule has 1 aromatic rings. The fourth-order valence-corrected chi connectivity index (χ4v) is 3.08. The van der Waals surface area contributed by atoms with E-state index in [2.05, 4.69) is 48.3 Å². The van der Waals surface area contributed by atoms with E-state index in [4.69, 9.17) is 0 Å². The third-order valence-electron chi connectivity index (χ3n) is 4.23. The topological polar surface area (TPSA) is 49.8 Å². The largest absolute Gasteiger partial charge is 0.370 e. The van der Waals surface area contributed by atoms with Crippen LogP contribution in [0.4, 0.5) is 11.6 Å². The van der Waals surface area contributed by atoms with Gasteiger partial charge in [-0.2, -0.15) is 0 Å². The summed E-state index contributed by atoms with van der Waals surface area (Å²) in [4.78, 5) is 9.22. The summed E-state index contributed by atoms with van der Waals surface area (Å²) in [6, 6.07) is 2.03. The Bertz CT molecular complexity index is 444. The van der Waals surface area contributed by atoms with Gasteiger partial charge in [-0.25, -0.2) is 9.97 Å². The van der Waals surface area contributed by atoms with Crippen LogP contribution in [0.1, 0.15) is 65.1 Å². The molecule has 1 saturated carbocycles. The summed E-state index contributed by atoms with van der Waals surface area (Å²) in [6.07, 6.45) is 5.46. The maximum absolute atomic E-state index is 4.66. The van der Waals surface area contributed by atoms with Crippen LogP contribution in [0.2, 0.25) is 0 Å². The monoisotopic (exact) mass is 290 g/mol. The second kappa shape index (κ2) is 7.62. The predicted molar refractivity (Wildman–Crippen MR) is 89.9 cm³/mol. The summed E-state index contributed by atoms with van der Waals surface area (Å²) in [5.41, 5.74) is 0. The minimum Gasteiger partial charge on any atom is -0.370 e. The van der Waals surface area contributed by atoms with Gasteiger partial charge < -0.3 is 10.6 Å². The summed E-state index contributed by atoms with van der Waals surface area (Å²) in [5, 5.41) is 6.83. The molecule has 0 aliphatic heterocycles. The fraction of sp³-hybridized carbons (Fsp3) is 0.765. The minimum atomic E-state index is 0.346. The zero-order valence-corrected chi connectivity index (χ0v) is 13.9. The number of hydrogen-bond donors (Lipinski definition) is 2. The Hall–Kier alpha value is -1.32. The molecule has 1 heterocycles. The van der Waals surface area contributed by atoms with Crippen LogP contribution in [0.15, 0.2) is 6.07 Å². The molecule has 0 radical (unpaired) electrons. The maximum atomic E-state index is 4.66. The summed E-state index contributed by atoms with van der Waals surface area (Å²) in [6.45, 7) is 10.7. The Morgan fingerprint density at radius 1 is 1.19 bits per heavy atom. The standard InChI is InChI=1S/C17H30N4/c1-5-18-15-10-16(21-17(20-15)12(2)3)19-11-14-8-6-7-13(4)9-14/h10,12-14H,5-9,11H2,1-4H3,(H2,18,19,20,21). The Balaban J connectivity index is 2.00. The molecule has 0 spiro atoms. The van der Waals surface area contributed by atoms with E-state index >= 15 is 0 Å². The normalized spacial score (nSPS) is 22.3. The first kappa shape index (κ1) is 16.1. The molecule has 1 aromatic heterocycles. The van der Waals surface area contributed by atoms with Gasteiger partial charge in [0.25, 0.3) is 0 Å². The average molecular weight is 290 g/mol. The highest BCUT2D eigenvalue weighted by Crippen LogP contribution is 2.28. The molecule has 1 aliphatic rings. The SMILES string of the molecule is CCNc1cc(NCC2CCCC(C)C2)nc(C(C)C)n1. The molecule has 0 saturated heterocycles. The number of hydrogen-bond acceptors (Lipinski definition) is 4. The molecule has 0 aromatic carbocycles. The summed E-state index contributed by atoms with van der Waals surface area (Å²) >= 11 is 0. The van der Waals surface area contributed by atoms with E-state index in [0.29, 0.717) is 5.92 Å². The molecule has 2 atom stereocenters. The van der Waals surface area contributed by atoms with Crippen molar-refractivity contribution in [2.24, 2.45) is 11.8 Å². The van der Waals surface area contributed by atoms with Crippen molar-refractivity contribution in [3.8, 4) is 0 Å². The number of rotatable bonds is 6. The Labute approximate surface area is 129 Å². The van der Waals surface area contributed by atoms with E-state index in [-0.39, 0.29) is 0 Å². The quantitative estimate of drug-likeness (QED) is 0.821. The van der Waals surface area contributed by atoms with Gasteiger partial charge in [-0.15, -0.1) is 0 Å². The molecule has 2 N–H and O–H groups in total. The lowest BCUT2D eigenvalue weighted by Crippen LogP contribution is -2.21. The molecule has 1 aliphatic carbocycles. The van der Waals surface area contributed by atoms with Gasteiger partial charge in [-0.05, 0) is 31.6 Å². The number of nitrogens with one attached hydrogen (secondary N) is 2. The first-order valence-electron chi connectivity index (χ1n) is 8.45. The molecule has 0 bridgehead atoms.